The second-order valence-electron chi connectivity index (χ2n) is 7.66. The van der Waals surface area contributed by atoms with E-state index in [-0.39, 0.29) is 11.7 Å². The summed E-state index contributed by atoms with van der Waals surface area (Å²) in [7, 11) is 0. The number of rotatable bonds is 0. The third-order valence-electron chi connectivity index (χ3n) is 3.47. The Labute approximate surface area is 119 Å². The van der Waals surface area contributed by atoms with Gasteiger partial charge in [0.2, 0.25) is 0 Å². The molecule has 2 aliphatic rings. The van der Waals surface area contributed by atoms with E-state index in [0.29, 0.717) is 11.5 Å². The maximum absolute atomic E-state index is 5.64. The molecule has 2 saturated heterocycles. The Bertz CT molecular complexity index is 238. The van der Waals surface area contributed by atoms with Gasteiger partial charge in [0.25, 0.3) is 0 Å². The minimum atomic E-state index is 0.0116. The summed E-state index contributed by atoms with van der Waals surface area (Å²) in [5, 5.41) is 0. The van der Waals surface area contributed by atoms with E-state index < -0.39 is 0 Å². The van der Waals surface area contributed by atoms with Gasteiger partial charge in [0.1, 0.15) is 0 Å². The highest BCUT2D eigenvalue weighted by molar-refractivity contribution is 4.76. The van der Waals surface area contributed by atoms with Gasteiger partial charge in [-0.2, -0.15) is 0 Å². The summed E-state index contributed by atoms with van der Waals surface area (Å²) in [6, 6.07) is 0. The molecule has 1 unspecified atom stereocenters. The van der Waals surface area contributed by atoms with E-state index >= 15 is 0 Å². The zero-order chi connectivity index (χ0) is 14.5. The second kappa shape index (κ2) is 7.05. The van der Waals surface area contributed by atoms with Crippen molar-refractivity contribution in [3.05, 3.63) is 0 Å². The smallest absolute Gasteiger partial charge is 0.162 e. The molecule has 114 valence electrons. The third kappa shape index (κ3) is 6.24. The van der Waals surface area contributed by atoms with Gasteiger partial charge in [-0.15, -0.1) is 0 Å². The molecule has 2 heterocycles. The number of hydrogen-bond donors (Lipinski definition) is 0. The van der Waals surface area contributed by atoms with Gasteiger partial charge >= 0.3 is 0 Å². The fourth-order valence-electron chi connectivity index (χ4n) is 2.28. The van der Waals surface area contributed by atoms with Gasteiger partial charge in [0, 0.05) is 12.0 Å². The van der Waals surface area contributed by atoms with Gasteiger partial charge in [-0.3, -0.25) is 0 Å². The van der Waals surface area contributed by atoms with Crippen LogP contribution in [0.5, 0.6) is 0 Å². The topological polar surface area (TPSA) is 27.7 Å². The summed E-state index contributed by atoms with van der Waals surface area (Å²) in [5.74, 6) is 0. The molecule has 0 bridgehead atoms. The van der Waals surface area contributed by atoms with E-state index in [0.717, 1.165) is 19.8 Å². The van der Waals surface area contributed by atoms with Crippen molar-refractivity contribution < 1.29 is 14.2 Å². The van der Waals surface area contributed by atoms with Crippen molar-refractivity contribution in [2.45, 2.75) is 73.2 Å². The monoisotopic (exact) mass is 272 g/mol. The Kier molecular flexibility index (Phi) is 6.28. The predicted octanol–water partition coefficient (Wildman–Crippen LogP) is 4.01. The summed E-state index contributed by atoms with van der Waals surface area (Å²) in [5.41, 5.74) is 0.483. The zero-order valence-electron chi connectivity index (χ0n) is 13.6. The largest absolute Gasteiger partial charge is 0.378 e. The quantitative estimate of drug-likeness (QED) is 0.667. The summed E-state index contributed by atoms with van der Waals surface area (Å²) in [6.07, 6.45) is 4.37. The van der Waals surface area contributed by atoms with Gasteiger partial charge in [-0.25, -0.2) is 0 Å². The zero-order valence-corrected chi connectivity index (χ0v) is 13.6. The molecule has 0 radical (unpaired) electrons. The molecule has 0 spiro atoms. The molecule has 0 aliphatic carbocycles. The highest BCUT2D eigenvalue weighted by Gasteiger charge is 2.29. The average molecular weight is 272 g/mol. The Balaban J connectivity index is 0.000000191. The molecule has 0 saturated carbocycles. The molecule has 3 heteroatoms. The maximum Gasteiger partial charge on any atom is 0.162 e. The van der Waals surface area contributed by atoms with E-state index in [4.69, 9.17) is 14.2 Å². The molecule has 0 aromatic carbocycles. The van der Waals surface area contributed by atoms with Gasteiger partial charge < -0.3 is 14.2 Å². The molecule has 2 aliphatic heterocycles. The molecule has 1 atom stereocenters. The van der Waals surface area contributed by atoms with E-state index in [1.54, 1.807) is 0 Å². The first-order valence-electron chi connectivity index (χ1n) is 7.56. The molecule has 19 heavy (non-hydrogen) atoms. The van der Waals surface area contributed by atoms with Crippen molar-refractivity contribution >= 4 is 0 Å². The molecular weight excluding hydrogens is 240 g/mol. The van der Waals surface area contributed by atoms with Gasteiger partial charge in [-0.1, -0.05) is 41.5 Å². The van der Waals surface area contributed by atoms with E-state index in [1.807, 2.05) is 0 Å². The molecular formula is C16H32O3. The van der Waals surface area contributed by atoms with Crippen LogP contribution in [0.15, 0.2) is 0 Å². The van der Waals surface area contributed by atoms with E-state index in [1.165, 1.54) is 19.3 Å². The predicted molar refractivity (Wildman–Crippen MR) is 78.2 cm³/mol. The normalized spacial score (nSPS) is 25.9. The van der Waals surface area contributed by atoms with Crippen molar-refractivity contribution in [1.29, 1.82) is 0 Å². The Hall–Kier alpha value is -0.120. The third-order valence-corrected chi connectivity index (χ3v) is 3.47. The summed E-state index contributed by atoms with van der Waals surface area (Å²) in [4.78, 5) is 0. The first-order valence-corrected chi connectivity index (χ1v) is 7.56. The SMILES string of the molecule is CC(C)(C)C1CCCCO1.CC(C)(C)C1OCCO1. The van der Waals surface area contributed by atoms with E-state index in [2.05, 4.69) is 41.5 Å². The lowest BCUT2D eigenvalue weighted by Crippen LogP contribution is -2.32. The second-order valence-corrected chi connectivity index (χ2v) is 7.66. The Morgan fingerprint density at radius 3 is 1.53 bits per heavy atom. The molecule has 0 amide bonds. The maximum atomic E-state index is 5.64. The lowest BCUT2D eigenvalue weighted by atomic mass is 9.85. The van der Waals surface area contributed by atoms with Crippen molar-refractivity contribution in [3.8, 4) is 0 Å². The van der Waals surface area contributed by atoms with Crippen LogP contribution in [-0.2, 0) is 14.2 Å². The molecule has 0 N–H and O–H groups in total. The van der Waals surface area contributed by atoms with Gasteiger partial charge in [0.05, 0.1) is 19.3 Å². The van der Waals surface area contributed by atoms with Crippen LogP contribution < -0.4 is 0 Å². The van der Waals surface area contributed by atoms with Crippen molar-refractivity contribution in [2.24, 2.45) is 10.8 Å². The standard InChI is InChI=1S/C9H18O.C7H14O2/c1-9(2,3)8-6-4-5-7-10-8;1-7(2,3)6-8-4-5-9-6/h8H,4-7H2,1-3H3;6H,4-5H2,1-3H3. The fourth-order valence-corrected chi connectivity index (χ4v) is 2.28. The molecule has 3 nitrogen and oxygen atoms in total. The van der Waals surface area contributed by atoms with Crippen LogP contribution in [-0.4, -0.2) is 32.2 Å². The van der Waals surface area contributed by atoms with Crippen LogP contribution in [0.2, 0.25) is 0 Å². The minimum absolute atomic E-state index is 0.0116. The number of ether oxygens (including phenoxy) is 3. The van der Waals surface area contributed by atoms with Gasteiger partial charge in [-0.05, 0) is 24.7 Å². The van der Waals surface area contributed by atoms with E-state index in [9.17, 15) is 0 Å². The Morgan fingerprint density at radius 2 is 1.26 bits per heavy atom. The summed E-state index contributed by atoms with van der Waals surface area (Å²) < 4.78 is 16.2. The summed E-state index contributed by atoms with van der Waals surface area (Å²) in [6.45, 7) is 15.6. The van der Waals surface area contributed by atoms with Crippen LogP contribution >= 0.6 is 0 Å². The highest BCUT2D eigenvalue weighted by Crippen LogP contribution is 2.29. The molecule has 0 aromatic rings. The van der Waals surface area contributed by atoms with Crippen molar-refractivity contribution in [1.82, 2.24) is 0 Å². The van der Waals surface area contributed by atoms with Crippen LogP contribution in [0, 0.1) is 10.8 Å². The average Bonchev–Trinajstić information content (AvgIpc) is 2.83. The van der Waals surface area contributed by atoms with Crippen LogP contribution in [0.4, 0.5) is 0 Å². The molecule has 2 fully saturated rings. The first-order chi connectivity index (χ1) is 8.71. The highest BCUT2D eigenvalue weighted by atomic mass is 16.7. The number of hydrogen-bond acceptors (Lipinski definition) is 3. The van der Waals surface area contributed by atoms with Crippen LogP contribution in [0.3, 0.4) is 0 Å². The first kappa shape index (κ1) is 16.9. The Morgan fingerprint density at radius 1 is 0.684 bits per heavy atom. The van der Waals surface area contributed by atoms with Crippen LogP contribution in [0.25, 0.3) is 0 Å². The van der Waals surface area contributed by atoms with Crippen molar-refractivity contribution in [2.75, 3.05) is 19.8 Å². The minimum Gasteiger partial charge on any atom is -0.378 e. The molecule has 0 aromatic heterocycles. The van der Waals surface area contributed by atoms with Crippen LogP contribution in [0.1, 0.15) is 60.8 Å². The lowest BCUT2D eigenvalue weighted by Gasteiger charge is -2.33. The van der Waals surface area contributed by atoms with Crippen molar-refractivity contribution in [3.63, 3.8) is 0 Å². The van der Waals surface area contributed by atoms with Gasteiger partial charge in [0.15, 0.2) is 6.29 Å². The molecule has 2 rings (SSSR count). The summed E-state index contributed by atoms with van der Waals surface area (Å²) >= 11 is 0. The lowest BCUT2D eigenvalue weighted by molar-refractivity contribution is -0.112. The fraction of sp³-hybridized carbons (Fsp3) is 1.00.